The Morgan fingerprint density at radius 1 is 1.00 bits per heavy atom. The number of furan rings is 1. The number of carbonyl (C=O) groups is 2. The van der Waals surface area contributed by atoms with Gasteiger partial charge in [0, 0.05) is 24.0 Å². The van der Waals surface area contributed by atoms with Gasteiger partial charge in [0.15, 0.2) is 0 Å². The highest BCUT2D eigenvalue weighted by atomic mass is 16.5. The Bertz CT molecular complexity index is 1260. The molecule has 32 heavy (non-hydrogen) atoms. The second-order valence-corrected chi connectivity index (χ2v) is 7.26. The van der Waals surface area contributed by atoms with Crippen molar-refractivity contribution in [3.63, 3.8) is 0 Å². The van der Waals surface area contributed by atoms with Crippen LogP contribution in [0.25, 0.3) is 22.4 Å². The maximum Gasteiger partial charge on any atom is 0.291 e. The third-order valence-corrected chi connectivity index (χ3v) is 5.12. The number of tetrazole rings is 1. The number of benzene rings is 2. The number of anilines is 1. The molecule has 0 spiro atoms. The van der Waals surface area contributed by atoms with Gasteiger partial charge in [-0.05, 0) is 17.3 Å². The van der Waals surface area contributed by atoms with Crippen LogP contribution in [0.15, 0.2) is 59.0 Å². The summed E-state index contributed by atoms with van der Waals surface area (Å²) in [5, 5.41) is 15.7. The zero-order valence-electron chi connectivity index (χ0n) is 17.1. The molecule has 3 heterocycles. The zero-order chi connectivity index (χ0) is 21.9. The van der Waals surface area contributed by atoms with E-state index >= 15 is 0 Å². The molecule has 0 saturated carbocycles. The molecular weight excluding hydrogens is 412 g/mol. The summed E-state index contributed by atoms with van der Waals surface area (Å²) in [4.78, 5) is 28.7. The Balaban J connectivity index is 1.38. The summed E-state index contributed by atoms with van der Waals surface area (Å²) in [6.45, 7) is 1.71. The fourth-order valence-electron chi connectivity index (χ4n) is 3.55. The second kappa shape index (κ2) is 8.60. The lowest BCUT2D eigenvalue weighted by atomic mass is 10.2. The average Bonchev–Trinajstić information content (AvgIpc) is 3.45. The normalized spacial score (nSPS) is 13.9. The molecule has 0 bridgehead atoms. The van der Waals surface area contributed by atoms with Gasteiger partial charge < -0.3 is 19.4 Å². The third kappa shape index (κ3) is 3.95. The van der Waals surface area contributed by atoms with Crippen LogP contribution in [-0.4, -0.2) is 63.2 Å². The Kier molecular flexibility index (Phi) is 5.34. The molecule has 1 saturated heterocycles. The number of carbonyl (C=O) groups excluding carboxylic acids is 2. The van der Waals surface area contributed by atoms with Gasteiger partial charge in [0.05, 0.1) is 13.2 Å². The van der Waals surface area contributed by atoms with E-state index in [9.17, 15) is 9.59 Å². The summed E-state index contributed by atoms with van der Waals surface area (Å²) in [6, 6.07) is 16.6. The smallest absolute Gasteiger partial charge is 0.291 e. The highest BCUT2D eigenvalue weighted by Gasteiger charge is 2.27. The lowest BCUT2D eigenvalue weighted by Crippen LogP contribution is -2.40. The topological polar surface area (TPSA) is 115 Å². The first-order valence-electron chi connectivity index (χ1n) is 10.2. The molecule has 2 aromatic carbocycles. The zero-order valence-corrected chi connectivity index (χ0v) is 17.1. The van der Waals surface area contributed by atoms with Gasteiger partial charge in [0.2, 0.25) is 17.5 Å². The number of fused-ring (bicyclic) bond motifs is 1. The number of hydrogen-bond donors (Lipinski definition) is 1. The number of aromatic nitrogens is 4. The highest BCUT2D eigenvalue weighted by Crippen LogP contribution is 2.32. The van der Waals surface area contributed by atoms with Crippen LogP contribution in [0, 0.1) is 0 Å². The van der Waals surface area contributed by atoms with Crippen LogP contribution < -0.4 is 5.32 Å². The number of nitrogens with zero attached hydrogens (tertiary/aromatic N) is 5. The van der Waals surface area contributed by atoms with Gasteiger partial charge in [-0.1, -0.05) is 42.5 Å². The molecule has 10 heteroatoms. The molecule has 10 nitrogen and oxygen atoms in total. The summed E-state index contributed by atoms with van der Waals surface area (Å²) >= 11 is 0. The SMILES string of the molecule is O=C(Cn1nnc(-c2ccccc2)n1)Nc1c(C(=O)N2CCOCC2)oc2ccccc12. The maximum absolute atomic E-state index is 13.1. The number of ether oxygens (including phenoxy) is 1. The minimum atomic E-state index is -0.399. The van der Waals surface area contributed by atoms with E-state index in [2.05, 4.69) is 20.7 Å². The summed E-state index contributed by atoms with van der Waals surface area (Å²) in [5.41, 5.74) is 1.66. The lowest BCUT2D eigenvalue weighted by Gasteiger charge is -2.26. The Morgan fingerprint density at radius 2 is 1.75 bits per heavy atom. The predicted molar refractivity (Wildman–Crippen MR) is 115 cm³/mol. The summed E-state index contributed by atoms with van der Waals surface area (Å²) in [7, 11) is 0. The number of para-hydroxylation sites is 1. The first kappa shape index (κ1) is 19.9. The monoisotopic (exact) mass is 432 g/mol. The van der Waals surface area contributed by atoms with Crippen molar-refractivity contribution in [2.24, 2.45) is 0 Å². The molecule has 5 rings (SSSR count). The molecule has 2 aromatic heterocycles. The fourth-order valence-corrected chi connectivity index (χ4v) is 3.55. The van der Waals surface area contributed by atoms with E-state index in [1.165, 1.54) is 4.80 Å². The van der Waals surface area contributed by atoms with E-state index in [1.807, 2.05) is 42.5 Å². The van der Waals surface area contributed by atoms with E-state index in [-0.39, 0.29) is 18.2 Å². The molecule has 0 atom stereocenters. The van der Waals surface area contributed by atoms with Crippen molar-refractivity contribution in [2.45, 2.75) is 6.54 Å². The van der Waals surface area contributed by atoms with Crippen LogP contribution in [-0.2, 0) is 16.1 Å². The number of rotatable bonds is 5. The van der Waals surface area contributed by atoms with Crippen LogP contribution in [0.2, 0.25) is 0 Å². The molecule has 0 unspecified atom stereocenters. The van der Waals surface area contributed by atoms with Crippen molar-refractivity contribution in [1.82, 2.24) is 25.1 Å². The minimum absolute atomic E-state index is 0.0953. The standard InChI is InChI=1S/C22H20N6O4/c29-18(14-28-25-21(24-26-28)15-6-2-1-3-7-15)23-19-16-8-4-5-9-17(16)32-20(19)22(30)27-10-12-31-13-11-27/h1-9H,10-14H2,(H,23,29). The quantitative estimate of drug-likeness (QED) is 0.514. The summed E-state index contributed by atoms with van der Waals surface area (Å²) in [6.07, 6.45) is 0. The van der Waals surface area contributed by atoms with Gasteiger partial charge in [-0.15, -0.1) is 10.2 Å². The summed E-state index contributed by atoms with van der Waals surface area (Å²) < 4.78 is 11.2. The number of amides is 2. The molecule has 1 N–H and O–H groups in total. The largest absolute Gasteiger partial charge is 0.449 e. The first-order valence-corrected chi connectivity index (χ1v) is 10.2. The van der Waals surface area contributed by atoms with Crippen molar-refractivity contribution >= 4 is 28.5 Å². The highest BCUT2D eigenvalue weighted by molar-refractivity contribution is 6.10. The number of morpholine rings is 1. The van der Waals surface area contributed by atoms with Crippen LogP contribution >= 0.6 is 0 Å². The van der Waals surface area contributed by atoms with Crippen molar-refractivity contribution < 1.29 is 18.7 Å². The molecule has 2 amide bonds. The molecular formula is C22H20N6O4. The minimum Gasteiger partial charge on any atom is -0.449 e. The van der Waals surface area contributed by atoms with E-state index in [0.717, 1.165) is 5.56 Å². The predicted octanol–water partition coefficient (Wildman–Crippen LogP) is 2.20. The summed E-state index contributed by atoms with van der Waals surface area (Å²) in [5.74, 6) is -0.164. The molecule has 1 aliphatic rings. The van der Waals surface area contributed by atoms with Crippen molar-refractivity contribution in [3.05, 3.63) is 60.4 Å². The second-order valence-electron chi connectivity index (χ2n) is 7.26. The average molecular weight is 432 g/mol. The Morgan fingerprint density at radius 3 is 2.56 bits per heavy atom. The molecule has 162 valence electrons. The number of hydrogen-bond acceptors (Lipinski definition) is 7. The van der Waals surface area contributed by atoms with Gasteiger partial charge in [-0.2, -0.15) is 4.80 Å². The van der Waals surface area contributed by atoms with E-state index in [4.69, 9.17) is 9.15 Å². The Hall–Kier alpha value is -4.05. The van der Waals surface area contributed by atoms with E-state index in [1.54, 1.807) is 17.0 Å². The molecule has 4 aromatic rings. The Labute approximate surface area is 182 Å². The molecule has 0 aliphatic carbocycles. The lowest BCUT2D eigenvalue weighted by molar-refractivity contribution is -0.117. The van der Waals surface area contributed by atoms with Crippen molar-refractivity contribution in [1.29, 1.82) is 0 Å². The first-order chi connectivity index (χ1) is 15.7. The van der Waals surface area contributed by atoms with Gasteiger partial charge in [-0.25, -0.2) is 0 Å². The van der Waals surface area contributed by atoms with Crippen molar-refractivity contribution in [3.8, 4) is 11.4 Å². The maximum atomic E-state index is 13.1. The fraction of sp³-hybridized carbons (Fsp3) is 0.227. The molecule has 1 aliphatic heterocycles. The van der Waals surface area contributed by atoms with Crippen LogP contribution in [0.1, 0.15) is 10.6 Å². The van der Waals surface area contributed by atoms with Crippen molar-refractivity contribution in [2.75, 3.05) is 31.6 Å². The van der Waals surface area contributed by atoms with Gasteiger partial charge in [-0.3, -0.25) is 9.59 Å². The molecule has 0 radical (unpaired) electrons. The third-order valence-electron chi connectivity index (χ3n) is 5.12. The number of nitrogens with one attached hydrogen (secondary N) is 1. The van der Waals surface area contributed by atoms with Gasteiger partial charge >= 0.3 is 0 Å². The van der Waals surface area contributed by atoms with Crippen LogP contribution in [0.5, 0.6) is 0 Å². The van der Waals surface area contributed by atoms with Crippen LogP contribution in [0.3, 0.4) is 0 Å². The van der Waals surface area contributed by atoms with E-state index < -0.39 is 5.91 Å². The van der Waals surface area contributed by atoms with E-state index in [0.29, 0.717) is 48.8 Å². The van der Waals surface area contributed by atoms with Gasteiger partial charge in [0.25, 0.3) is 5.91 Å². The van der Waals surface area contributed by atoms with Gasteiger partial charge in [0.1, 0.15) is 17.8 Å². The van der Waals surface area contributed by atoms with Crippen LogP contribution in [0.4, 0.5) is 5.69 Å². The molecule has 1 fully saturated rings.